The van der Waals surface area contributed by atoms with E-state index in [0.717, 1.165) is 22.5 Å². The van der Waals surface area contributed by atoms with Crippen LogP contribution in [0.2, 0.25) is 0 Å². The van der Waals surface area contributed by atoms with E-state index in [1.165, 1.54) is 18.5 Å². The second-order valence-electron chi connectivity index (χ2n) is 5.20. The molecule has 2 nitrogen and oxygen atoms in total. The van der Waals surface area contributed by atoms with E-state index in [-0.39, 0.29) is 0 Å². The van der Waals surface area contributed by atoms with Gasteiger partial charge in [0.2, 0.25) is 0 Å². The first-order valence-corrected chi connectivity index (χ1v) is 7.55. The van der Waals surface area contributed by atoms with Gasteiger partial charge in [-0.1, -0.05) is 19.1 Å². The van der Waals surface area contributed by atoms with Gasteiger partial charge in [0.25, 0.3) is 0 Å². The Labute approximate surface area is 123 Å². The fourth-order valence-electron chi connectivity index (χ4n) is 2.67. The summed E-state index contributed by atoms with van der Waals surface area (Å²) in [6.07, 6.45) is 2.52. The van der Waals surface area contributed by atoms with Crippen LogP contribution in [0.3, 0.4) is 0 Å². The first kappa shape index (κ1) is 13.8. The smallest absolute Gasteiger partial charge is 0.105 e. The Balaban J connectivity index is 2.24. The highest BCUT2D eigenvalue weighted by Gasteiger charge is 2.23. The molecule has 0 saturated carbocycles. The van der Waals surface area contributed by atoms with Crippen molar-refractivity contribution in [2.45, 2.75) is 32.7 Å². The highest BCUT2D eigenvalue weighted by molar-refractivity contribution is 9.10. The summed E-state index contributed by atoms with van der Waals surface area (Å²) in [5.41, 5.74) is 7.84. The summed E-state index contributed by atoms with van der Waals surface area (Å²) in [5.74, 6) is 0.829. The quantitative estimate of drug-likeness (QED) is 0.840. The highest BCUT2D eigenvalue weighted by atomic mass is 79.9. The molecule has 2 N–H and O–H groups in total. The van der Waals surface area contributed by atoms with Crippen LogP contribution in [0.5, 0.6) is 0 Å². The lowest BCUT2D eigenvalue weighted by molar-refractivity contribution is 0.378. The molecule has 0 aliphatic carbocycles. The Morgan fingerprint density at radius 3 is 2.72 bits per heavy atom. The van der Waals surface area contributed by atoms with Crippen molar-refractivity contribution in [2.24, 2.45) is 11.7 Å². The molecule has 1 fully saturated rings. The summed E-state index contributed by atoms with van der Waals surface area (Å²) in [4.78, 5) is 2.91. The van der Waals surface area contributed by atoms with Crippen molar-refractivity contribution in [1.29, 1.82) is 0 Å². The average Bonchev–Trinajstić information content (AvgIpc) is 2.28. The normalized spacial score (nSPS) is 24.1. The summed E-state index contributed by atoms with van der Waals surface area (Å²) >= 11 is 8.57. The standard InChI is InChI=1S/C14H19BrN2S/c1-9-5-6-17(10(2)7-9)11-3-4-12(14(16)18)13(15)8-11/h3-4,8-10H,5-7H2,1-2H3,(H2,16,18). The van der Waals surface area contributed by atoms with Gasteiger partial charge in [-0.05, 0) is 59.8 Å². The van der Waals surface area contributed by atoms with Crippen LogP contribution in [0.25, 0.3) is 0 Å². The molecule has 1 heterocycles. The molecule has 0 bridgehead atoms. The lowest BCUT2D eigenvalue weighted by Crippen LogP contribution is -2.40. The lowest BCUT2D eigenvalue weighted by Gasteiger charge is -2.38. The van der Waals surface area contributed by atoms with E-state index in [4.69, 9.17) is 18.0 Å². The molecule has 2 atom stereocenters. The molecule has 1 aliphatic heterocycles. The molecule has 2 rings (SSSR count). The van der Waals surface area contributed by atoms with Crippen molar-refractivity contribution in [3.05, 3.63) is 28.2 Å². The number of halogens is 1. The third kappa shape index (κ3) is 2.86. The SMILES string of the molecule is CC1CCN(c2ccc(C(N)=S)c(Br)c2)C(C)C1. The van der Waals surface area contributed by atoms with E-state index in [9.17, 15) is 0 Å². The summed E-state index contributed by atoms with van der Waals surface area (Å²) in [5, 5.41) is 0. The number of piperidine rings is 1. The number of thiocarbonyl (C=S) groups is 1. The third-order valence-electron chi connectivity index (χ3n) is 3.69. The van der Waals surface area contributed by atoms with E-state index < -0.39 is 0 Å². The van der Waals surface area contributed by atoms with Gasteiger partial charge in [-0.15, -0.1) is 0 Å². The van der Waals surface area contributed by atoms with E-state index >= 15 is 0 Å². The number of hydrogen-bond donors (Lipinski definition) is 1. The summed E-state index contributed by atoms with van der Waals surface area (Å²) in [6, 6.07) is 6.84. The average molecular weight is 327 g/mol. The van der Waals surface area contributed by atoms with Gasteiger partial charge in [-0.25, -0.2) is 0 Å². The van der Waals surface area contributed by atoms with Crippen molar-refractivity contribution >= 4 is 38.8 Å². The second-order valence-corrected chi connectivity index (χ2v) is 6.49. The zero-order valence-electron chi connectivity index (χ0n) is 10.8. The van der Waals surface area contributed by atoms with Gasteiger partial charge in [0.1, 0.15) is 4.99 Å². The molecule has 1 aliphatic rings. The van der Waals surface area contributed by atoms with Gasteiger partial charge in [-0.3, -0.25) is 0 Å². The first-order chi connectivity index (χ1) is 8.49. The summed E-state index contributed by atoms with van der Waals surface area (Å²) in [7, 11) is 0. The predicted molar refractivity (Wildman–Crippen MR) is 85.2 cm³/mol. The molecule has 1 aromatic carbocycles. The van der Waals surface area contributed by atoms with Crippen LogP contribution in [-0.2, 0) is 0 Å². The molecule has 0 spiro atoms. The number of nitrogens with two attached hydrogens (primary N) is 1. The number of benzene rings is 1. The van der Waals surface area contributed by atoms with Crippen LogP contribution < -0.4 is 10.6 Å². The van der Waals surface area contributed by atoms with Crippen LogP contribution in [0.15, 0.2) is 22.7 Å². The fraction of sp³-hybridized carbons (Fsp3) is 0.500. The van der Waals surface area contributed by atoms with Crippen LogP contribution in [0.4, 0.5) is 5.69 Å². The summed E-state index contributed by atoms with van der Waals surface area (Å²) < 4.78 is 0.985. The highest BCUT2D eigenvalue weighted by Crippen LogP contribution is 2.30. The Morgan fingerprint density at radius 1 is 1.44 bits per heavy atom. The molecule has 2 unspecified atom stereocenters. The molecule has 0 amide bonds. The van der Waals surface area contributed by atoms with Crippen molar-refractivity contribution in [2.75, 3.05) is 11.4 Å². The maximum atomic E-state index is 5.68. The van der Waals surface area contributed by atoms with Gasteiger partial charge in [0.15, 0.2) is 0 Å². The number of hydrogen-bond acceptors (Lipinski definition) is 2. The molecular weight excluding hydrogens is 308 g/mol. The maximum Gasteiger partial charge on any atom is 0.105 e. The summed E-state index contributed by atoms with van der Waals surface area (Å²) in [6.45, 7) is 5.76. The Kier molecular flexibility index (Phi) is 4.28. The van der Waals surface area contributed by atoms with Crippen LogP contribution >= 0.6 is 28.1 Å². The minimum Gasteiger partial charge on any atom is -0.389 e. The largest absolute Gasteiger partial charge is 0.389 e. The molecule has 0 radical (unpaired) electrons. The predicted octanol–water partition coefficient (Wildman–Crippen LogP) is 3.71. The Hall–Kier alpha value is -0.610. The first-order valence-electron chi connectivity index (χ1n) is 6.35. The maximum absolute atomic E-state index is 5.68. The molecule has 18 heavy (non-hydrogen) atoms. The van der Waals surface area contributed by atoms with Crippen molar-refractivity contribution in [3.63, 3.8) is 0 Å². The fourth-order valence-corrected chi connectivity index (χ4v) is 3.56. The third-order valence-corrected chi connectivity index (χ3v) is 4.56. The van der Waals surface area contributed by atoms with Gasteiger partial charge in [0, 0.05) is 28.3 Å². The minimum atomic E-state index is 0.439. The zero-order valence-corrected chi connectivity index (χ0v) is 13.2. The van der Waals surface area contributed by atoms with Gasteiger partial charge in [0.05, 0.1) is 0 Å². The molecule has 98 valence electrons. The van der Waals surface area contributed by atoms with Gasteiger partial charge < -0.3 is 10.6 Å². The van der Waals surface area contributed by atoms with E-state index in [2.05, 4.69) is 46.8 Å². The van der Waals surface area contributed by atoms with Crippen LogP contribution in [0.1, 0.15) is 32.3 Å². The zero-order chi connectivity index (χ0) is 13.3. The van der Waals surface area contributed by atoms with Gasteiger partial charge >= 0.3 is 0 Å². The topological polar surface area (TPSA) is 29.3 Å². The van der Waals surface area contributed by atoms with Crippen molar-refractivity contribution < 1.29 is 0 Å². The molecule has 1 saturated heterocycles. The Morgan fingerprint density at radius 2 is 2.17 bits per heavy atom. The van der Waals surface area contributed by atoms with E-state index in [1.807, 2.05) is 6.07 Å². The van der Waals surface area contributed by atoms with E-state index in [0.29, 0.717) is 11.0 Å². The Bertz CT molecular complexity index is 461. The molecule has 4 heteroatoms. The number of nitrogens with zero attached hydrogens (tertiary/aromatic N) is 1. The molecule has 1 aromatic rings. The lowest BCUT2D eigenvalue weighted by atomic mass is 9.93. The van der Waals surface area contributed by atoms with Crippen LogP contribution in [0, 0.1) is 5.92 Å². The molecular formula is C14H19BrN2S. The number of anilines is 1. The monoisotopic (exact) mass is 326 g/mol. The van der Waals surface area contributed by atoms with Crippen molar-refractivity contribution in [3.8, 4) is 0 Å². The second kappa shape index (κ2) is 5.57. The minimum absolute atomic E-state index is 0.439. The van der Waals surface area contributed by atoms with Crippen molar-refractivity contribution in [1.82, 2.24) is 0 Å². The molecule has 0 aromatic heterocycles. The van der Waals surface area contributed by atoms with Gasteiger partial charge in [-0.2, -0.15) is 0 Å². The van der Waals surface area contributed by atoms with E-state index in [1.54, 1.807) is 0 Å². The number of rotatable bonds is 2. The van der Waals surface area contributed by atoms with Crippen LogP contribution in [-0.4, -0.2) is 17.6 Å².